The highest BCUT2D eigenvalue weighted by Crippen LogP contribution is 2.42. The van der Waals surface area contributed by atoms with Crippen LogP contribution in [0.3, 0.4) is 0 Å². The number of Topliss-reactive ketones (excluding diaryl/α,β-unsaturated/α-hetero) is 1. The summed E-state index contributed by atoms with van der Waals surface area (Å²) in [6.45, 7) is 11.5. The van der Waals surface area contributed by atoms with Gasteiger partial charge in [-0.05, 0) is 72.8 Å². The topological polar surface area (TPSA) is 110 Å². The van der Waals surface area contributed by atoms with Crippen LogP contribution in [-0.4, -0.2) is 75.2 Å². The molecule has 1 saturated heterocycles. The van der Waals surface area contributed by atoms with Crippen molar-refractivity contribution in [3.63, 3.8) is 0 Å². The van der Waals surface area contributed by atoms with E-state index >= 15 is 0 Å². The van der Waals surface area contributed by atoms with E-state index < -0.39 is 56.0 Å². The van der Waals surface area contributed by atoms with E-state index in [1.54, 1.807) is 34.0 Å². The highest BCUT2D eigenvalue weighted by Gasteiger charge is 2.55. The van der Waals surface area contributed by atoms with E-state index in [-0.39, 0.29) is 29.6 Å². The maximum absolute atomic E-state index is 14.5. The molecule has 55 heavy (non-hydrogen) atoms. The normalized spacial score (nSPS) is 22.1. The second-order valence-corrected chi connectivity index (χ2v) is 21.1. The minimum atomic E-state index is -3.16. The van der Waals surface area contributed by atoms with Crippen molar-refractivity contribution >= 4 is 30.4 Å². The zero-order valence-electron chi connectivity index (χ0n) is 33.1. The SMILES string of the molecule is COc1ccc(CO[C@@H]2C(=O)C(C#C[C@](O)(COC(=O)C(C)(C)C)[C@H]3COC4(CCCC4)O3)=C[C@H]2O[Si](c2ccccc2)(c2ccccc2)C(C)(C)C)cc1. The maximum atomic E-state index is 14.5. The van der Waals surface area contributed by atoms with E-state index in [2.05, 4.69) is 56.9 Å². The van der Waals surface area contributed by atoms with Gasteiger partial charge < -0.3 is 33.2 Å². The van der Waals surface area contributed by atoms with Crippen molar-refractivity contribution in [1.82, 2.24) is 0 Å². The van der Waals surface area contributed by atoms with Crippen molar-refractivity contribution in [1.29, 1.82) is 0 Å². The molecule has 0 unspecified atom stereocenters. The predicted octanol–water partition coefficient (Wildman–Crippen LogP) is 6.04. The second kappa shape index (κ2) is 16.2. The standard InChI is InChI=1S/C45H54O9Si/c1-42(2,3)41(47)51-31-44(48,38-30-52-45(53-38)25-14-15-26-45)27-24-33-28-37(40(39(33)46)50-29-32-20-22-34(49-7)23-21-32)54-55(43(4,5)6,35-16-10-8-11-17-35)36-18-12-9-13-19-36/h8-13,16-23,28,37-38,40,48H,14-15,25-26,29-31H2,1-7H3/t37-,38-,40+,44+/m1/s1. The second-order valence-electron chi connectivity index (χ2n) is 16.8. The molecule has 2 fully saturated rings. The minimum absolute atomic E-state index is 0.0679. The van der Waals surface area contributed by atoms with Crippen LogP contribution < -0.4 is 15.1 Å². The average Bonchev–Trinajstić information content (AvgIpc) is 3.90. The Hall–Kier alpha value is -4.08. The van der Waals surface area contributed by atoms with Gasteiger partial charge in [-0.3, -0.25) is 9.59 Å². The molecule has 0 radical (unpaired) electrons. The van der Waals surface area contributed by atoms with Gasteiger partial charge in [0.05, 0.1) is 37.4 Å². The Balaban J connectivity index is 1.40. The van der Waals surface area contributed by atoms with Crippen LogP contribution >= 0.6 is 0 Å². The van der Waals surface area contributed by atoms with Crippen LogP contribution in [0, 0.1) is 17.3 Å². The van der Waals surface area contributed by atoms with Crippen molar-refractivity contribution in [2.24, 2.45) is 5.41 Å². The number of hydrogen-bond acceptors (Lipinski definition) is 9. The van der Waals surface area contributed by atoms with Crippen molar-refractivity contribution in [3.05, 3.63) is 102 Å². The van der Waals surface area contributed by atoms with Gasteiger partial charge in [0.2, 0.25) is 5.78 Å². The third kappa shape index (κ3) is 8.68. The third-order valence-electron chi connectivity index (χ3n) is 10.7. The van der Waals surface area contributed by atoms with Gasteiger partial charge in [0.25, 0.3) is 8.32 Å². The fourth-order valence-electron chi connectivity index (χ4n) is 7.55. The first-order valence-corrected chi connectivity index (χ1v) is 21.0. The smallest absolute Gasteiger partial charge is 0.311 e. The summed E-state index contributed by atoms with van der Waals surface area (Å²) < 4.78 is 37.3. The molecule has 292 valence electrons. The number of rotatable bonds is 11. The summed E-state index contributed by atoms with van der Waals surface area (Å²) in [6.07, 6.45) is 2.26. The van der Waals surface area contributed by atoms with E-state index in [9.17, 15) is 14.7 Å². The Bertz CT molecular complexity index is 1860. The van der Waals surface area contributed by atoms with Gasteiger partial charge in [0.15, 0.2) is 11.4 Å². The molecule has 1 spiro atoms. The zero-order valence-corrected chi connectivity index (χ0v) is 34.1. The minimum Gasteiger partial charge on any atom is -0.497 e. The molecule has 4 atom stereocenters. The molecule has 10 heteroatoms. The van der Waals surface area contributed by atoms with Gasteiger partial charge in [-0.25, -0.2) is 0 Å². The quantitative estimate of drug-likeness (QED) is 0.142. The number of benzene rings is 3. The van der Waals surface area contributed by atoms with Crippen molar-refractivity contribution < 1.29 is 42.8 Å². The number of hydrogen-bond donors (Lipinski definition) is 1. The molecule has 1 heterocycles. The molecular weight excluding hydrogens is 713 g/mol. The fourth-order valence-corrected chi connectivity index (χ4v) is 12.2. The predicted molar refractivity (Wildman–Crippen MR) is 212 cm³/mol. The van der Waals surface area contributed by atoms with E-state index in [1.165, 1.54) is 0 Å². The number of ketones is 1. The van der Waals surface area contributed by atoms with E-state index in [4.69, 9.17) is 28.1 Å². The van der Waals surface area contributed by atoms with Gasteiger partial charge in [-0.15, -0.1) is 0 Å². The Labute approximate surface area is 326 Å². The fraction of sp³-hybridized carbons (Fsp3) is 0.467. The Kier molecular flexibility index (Phi) is 11.9. The lowest BCUT2D eigenvalue weighted by molar-refractivity contribution is -0.189. The van der Waals surface area contributed by atoms with Crippen LogP contribution in [0.25, 0.3) is 0 Å². The van der Waals surface area contributed by atoms with E-state index in [1.807, 2.05) is 60.7 Å². The molecule has 3 aliphatic rings. The van der Waals surface area contributed by atoms with Crippen molar-refractivity contribution in [2.75, 3.05) is 20.3 Å². The number of esters is 1. The van der Waals surface area contributed by atoms with Gasteiger partial charge in [-0.1, -0.05) is 105 Å². The van der Waals surface area contributed by atoms with Crippen LogP contribution in [0.2, 0.25) is 5.04 Å². The van der Waals surface area contributed by atoms with Crippen LogP contribution in [0.1, 0.15) is 72.8 Å². The first kappa shape index (κ1) is 40.6. The average molecular weight is 767 g/mol. The highest BCUT2D eigenvalue weighted by molar-refractivity contribution is 6.99. The number of methoxy groups -OCH3 is 1. The molecule has 1 aliphatic heterocycles. The molecule has 1 saturated carbocycles. The highest BCUT2D eigenvalue weighted by atomic mass is 28.4. The molecule has 9 nitrogen and oxygen atoms in total. The molecule has 0 aromatic heterocycles. The van der Waals surface area contributed by atoms with Gasteiger partial charge >= 0.3 is 5.97 Å². The summed E-state index contributed by atoms with van der Waals surface area (Å²) in [6, 6.07) is 27.9. The molecule has 3 aromatic rings. The molecular formula is C45H54O9Si. The summed E-state index contributed by atoms with van der Waals surface area (Å²) in [5.74, 6) is 4.97. The van der Waals surface area contributed by atoms with Crippen molar-refractivity contribution in [2.45, 2.75) is 109 Å². The van der Waals surface area contributed by atoms with Crippen LogP contribution in [0.5, 0.6) is 5.75 Å². The summed E-state index contributed by atoms with van der Waals surface area (Å²) in [5.41, 5.74) is -1.79. The van der Waals surface area contributed by atoms with Gasteiger partial charge in [0.1, 0.15) is 24.6 Å². The first-order valence-electron chi connectivity index (χ1n) is 19.1. The van der Waals surface area contributed by atoms with Crippen LogP contribution in [0.4, 0.5) is 0 Å². The summed E-state index contributed by atoms with van der Waals surface area (Å²) in [4.78, 5) is 27.4. The first-order chi connectivity index (χ1) is 26.1. The number of ether oxygens (including phenoxy) is 5. The van der Waals surface area contributed by atoms with Crippen LogP contribution in [-0.2, 0) is 39.6 Å². The molecule has 0 amide bonds. The lowest BCUT2D eigenvalue weighted by atomic mass is 9.95. The van der Waals surface area contributed by atoms with Crippen LogP contribution in [0.15, 0.2) is 96.6 Å². The Morgan fingerprint density at radius 1 is 0.909 bits per heavy atom. The Morgan fingerprint density at radius 3 is 2.05 bits per heavy atom. The molecule has 6 rings (SSSR count). The van der Waals surface area contributed by atoms with E-state index in [0.29, 0.717) is 18.6 Å². The number of aliphatic hydroxyl groups is 1. The maximum Gasteiger partial charge on any atom is 0.311 e. The van der Waals surface area contributed by atoms with E-state index in [0.717, 1.165) is 28.8 Å². The molecule has 0 bridgehead atoms. The van der Waals surface area contributed by atoms with Crippen molar-refractivity contribution in [3.8, 4) is 17.6 Å². The number of carbonyl (C=O) groups is 2. The largest absolute Gasteiger partial charge is 0.497 e. The lowest BCUT2D eigenvalue weighted by Crippen LogP contribution is -2.68. The molecule has 1 N–H and O–H groups in total. The third-order valence-corrected chi connectivity index (χ3v) is 15.7. The molecule has 2 aliphatic carbocycles. The summed E-state index contributed by atoms with van der Waals surface area (Å²) >= 11 is 0. The van der Waals surface area contributed by atoms with Gasteiger partial charge in [-0.2, -0.15) is 0 Å². The summed E-state index contributed by atoms with van der Waals surface area (Å²) in [5, 5.41) is 13.9. The lowest BCUT2D eigenvalue weighted by Gasteiger charge is -2.45. The van der Waals surface area contributed by atoms with Gasteiger partial charge in [0, 0.05) is 12.8 Å². The number of carbonyl (C=O) groups excluding carboxylic acids is 2. The zero-order chi connectivity index (χ0) is 39.5. The molecule has 3 aromatic carbocycles. The Morgan fingerprint density at radius 2 is 1.51 bits per heavy atom. The monoisotopic (exact) mass is 766 g/mol. The summed E-state index contributed by atoms with van der Waals surface area (Å²) in [7, 11) is -1.55.